The van der Waals surface area contributed by atoms with Crippen molar-refractivity contribution in [3.63, 3.8) is 0 Å². The number of halogens is 2. The zero-order chi connectivity index (χ0) is 14.3. The molecule has 3 N–H and O–H groups in total. The van der Waals surface area contributed by atoms with Gasteiger partial charge >= 0.3 is 0 Å². The Kier molecular flexibility index (Phi) is 5.84. The molecule has 0 spiro atoms. The fraction of sp³-hybridized carbons (Fsp3) is 0.467. The number of para-hydroxylation sites is 2. The second kappa shape index (κ2) is 6.86. The third-order valence-corrected chi connectivity index (χ3v) is 3.98. The van der Waals surface area contributed by atoms with Crippen LogP contribution in [0.4, 0.5) is 0 Å². The van der Waals surface area contributed by atoms with Crippen LogP contribution in [0.5, 0.6) is 0 Å². The summed E-state index contributed by atoms with van der Waals surface area (Å²) in [6.45, 7) is 4.86. The molecule has 122 valence electrons. The van der Waals surface area contributed by atoms with E-state index in [0.717, 1.165) is 36.2 Å². The molecule has 1 aliphatic rings. The second-order valence-corrected chi connectivity index (χ2v) is 5.55. The first-order chi connectivity index (χ1) is 9.55. The van der Waals surface area contributed by atoms with Crippen LogP contribution in [0.2, 0.25) is 0 Å². The molecule has 0 aliphatic heterocycles. The fourth-order valence-corrected chi connectivity index (χ4v) is 2.52. The lowest BCUT2D eigenvalue weighted by atomic mass is 10.2. The Balaban J connectivity index is 0.00000121. The van der Waals surface area contributed by atoms with Gasteiger partial charge in [0, 0.05) is 6.54 Å². The molecule has 0 bridgehead atoms. The van der Waals surface area contributed by atoms with Gasteiger partial charge in [-0.05, 0) is 38.8 Å². The molecule has 1 aliphatic carbocycles. The first-order valence-corrected chi connectivity index (χ1v) is 7.10. The Morgan fingerprint density at radius 3 is 2.64 bits per heavy atom. The number of imidazole rings is 1. The molecule has 1 amide bonds. The minimum absolute atomic E-state index is 0. The van der Waals surface area contributed by atoms with Crippen LogP contribution < -0.4 is 11.1 Å². The summed E-state index contributed by atoms with van der Waals surface area (Å²) in [6.07, 6.45) is 1.55. The molecule has 1 saturated carbocycles. The number of nitrogens with zero attached hydrogens (tertiary/aromatic N) is 2. The number of amides is 1. The Labute approximate surface area is 142 Å². The molecule has 1 aromatic carbocycles. The van der Waals surface area contributed by atoms with Gasteiger partial charge in [0.1, 0.15) is 5.82 Å². The normalized spacial score (nSPS) is 16.3. The Bertz CT molecular complexity index is 667. The maximum atomic E-state index is 12.1. The molecule has 0 saturated heterocycles. The summed E-state index contributed by atoms with van der Waals surface area (Å²) in [7, 11) is 0. The summed E-state index contributed by atoms with van der Waals surface area (Å²) in [6, 6.07) is 7.87. The van der Waals surface area contributed by atoms with Crippen LogP contribution in [0.25, 0.3) is 11.0 Å². The number of benzene rings is 1. The molecule has 2 aromatic rings. The molecule has 0 radical (unpaired) electrons. The van der Waals surface area contributed by atoms with E-state index in [9.17, 15) is 4.79 Å². The lowest BCUT2D eigenvalue weighted by molar-refractivity contribution is -0.124. The highest BCUT2D eigenvalue weighted by molar-refractivity contribution is 5.89. The van der Waals surface area contributed by atoms with Crippen LogP contribution in [0.3, 0.4) is 0 Å². The molecular formula is C15H22Cl2N4O. The van der Waals surface area contributed by atoms with Crippen molar-refractivity contribution in [3.8, 4) is 0 Å². The number of aromatic nitrogens is 2. The second-order valence-electron chi connectivity index (χ2n) is 5.55. The summed E-state index contributed by atoms with van der Waals surface area (Å²) in [4.78, 5) is 16.7. The number of aryl methyl sites for hydroxylation is 1. The summed E-state index contributed by atoms with van der Waals surface area (Å²) in [5.41, 5.74) is 7.34. The average Bonchev–Trinajstić information content (AvgIpc) is 3.08. The van der Waals surface area contributed by atoms with E-state index in [0.29, 0.717) is 0 Å². The van der Waals surface area contributed by atoms with Crippen molar-refractivity contribution < 1.29 is 4.79 Å². The Hall–Kier alpha value is -1.30. The van der Waals surface area contributed by atoms with E-state index in [4.69, 9.17) is 5.73 Å². The minimum atomic E-state index is -0.642. The average molecular weight is 345 g/mol. The number of fused-ring (bicyclic) bond motifs is 1. The van der Waals surface area contributed by atoms with Gasteiger partial charge in [0.15, 0.2) is 0 Å². The van der Waals surface area contributed by atoms with Gasteiger partial charge in [-0.3, -0.25) is 4.79 Å². The summed E-state index contributed by atoms with van der Waals surface area (Å²) >= 11 is 0. The van der Waals surface area contributed by atoms with Crippen LogP contribution in [0.15, 0.2) is 24.3 Å². The number of rotatable bonds is 4. The number of hydrogen-bond acceptors (Lipinski definition) is 3. The topological polar surface area (TPSA) is 72.9 Å². The Morgan fingerprint density at radius 2 is 2.05 bits per heavy atom. The highest BCUT2D eigenvalue weighted by atomic mass is 35.5. The highest BCUT2D eigenvalue weighted by Gasteiger charge is 2.46. The SMILES string of the molecule is CCn1c(C(C)NC(=O)C2(N)CC2)nc2ccccc21.Cl.Cl. The zero-order valence-electron chi connectivity index (χ0n) is 12.7. The van der Waals surface area contributed by atoms with Crippen molar-refractivity contribution in [1.29, 1.82) is 0 Å². The first kappa shape index (κ1) is 18.7. The molecule has 22 heavy (non-hydrogen) atoms. The van der Waals surface area contributed by atoms with Gasteiger partial charge in [-0.15, -0.1) is 24.8 Å². The van der Waals surface area contributed by atoms with Crippen LogP contribution in [0, 0.1) is 0 Å². The minimum Gasteiger partial charge on any atom is -0.345 e. The summed E-state index contributed by atoms with van der Waals surface area (Å²) in [5, 5.41) is 2.99. The molecule has 5 nitrogen and oxygen atoms in total. The number of nitrogens with one attached hydrogen (secondary N) is 1. The van der Waals surface area contributed by atoms with Gasteiger partial charge < -0.3 is 15.6 Å². The Morgan fingerprint density at radius 1 is 1.41 bits per heavy atom. The molecular weight excluding hydrogens is 323 g/mol. The monoisotopic (exact) mass is 344 g/mol. The molecule has 1 heterocycles. The molecule has 1 unspecified atom stereocenters. The van der Waals surface area contributed by atoms with E-state index >= 15 is 0 Å². The smallest absolute Gasteiger partial charge is 0.240 e. The van der Waals surface area contributed by atoms with Gasteiger partial charge in [0.05, 0.1) is 22.6 Å². The van der Waals surface area contributed by atoms with Crippen molar-refractivity contribution >= 4 is 41.8 Å². The van der Waals surface area contributed by atoms with Crippen LogP contribution in [-0.4, -0.2) is 21.0 Å². The maximum absolute atomic E-state index is 12.1. The quantitative estimate of drug-likeness (QED) is 0.895. The lowest BCUT2D eigenvalue weighted by Gasteiger charge is -2.17. The van der Waals surface area contributed by atoms with Crippen molar-refractivity contribution in [2.45, 2.75) is 44.8 Å². The van der Waals surface area contributed by atoms with Gasteiger partial charge in [0.25, 0.3) is 0 Å². The molecule has 1 fully saturated rings. The van der Waals surface area contributed by atoms with E-state index in [2.05, 4.69) is 27.9 Å². The largest absolute Gasteiger partial charge is 0.345 e. The first-order valence-electron chi connectivity index (χ1n) is 7.10. The number of hydrogen-bond donors (Lipinski definition) is 2. The third-order valence-electron chi connectivity index (χ3n) is 3.98. The van der Waals surface area contributed by atoms with E-state index in [-0.39, 0.29) is 36.8 Å². The van der Waals surface area contributed by atoms with E-state index in [1.165, 1.54) is 0 Å². The summed E-state index contributed by atoms with van der Waals surface area (Å²) < 4.78 is 2.14. The molecule has 1 atom stereocenters. The van der Waals surface area contributed by atoms with Crippen LogP contribution in [-0.2, 0) is 11.3 Å². The fourth-order valence-electron chi connectivity index (χ4n) is 2.52. The standard InChI is InChI=1S/C15H20N4O.2ClH/c1-3-19-12-7-5-4-6-11(12)18-13(19)10(2)17-14(20)15(16)8-9-15;;/h4-7,10H,3,8-9,16H2,1-2H3,(H,17,20);2*1H. The van der Waals surface area contributed by atoms with Crippen molar-refractivity contribution in [2.24, 2.45) is 5.73 Å². The highest BCUT2D eigenvalue weighted by Crippen LogP contribution is 2.33. The number of carbonyl (C=O) groups is 1. The van der Waals surface area contributed by atoms with E-state index < -0.39 is 5.54 Å². The van der Waals surface area contributed by atoms with Gasteiger partial charge in [-0.1, -0.05) is 12.1 Å². The van der Waals surface area contributed by atoms with Gasteiger partial charge in [-0.25, -0.2) is 4.98 Å². The van der Waals surface area contributed by atoms with Gasteiger partial charge in [-0.2, -0.15) is 0 Å². The maximum Gasteiger partial charge on any atom is 0.240 e. The van der Waals surface area contributed by atoms with Crippen LogP contribution >= 0.6 is 24.8 Å². The zero-order valence-corrected chi connectivity index (χ0v) is 14.3. The molecule has 1 aromatic heterocycles. The predicted molar refractivity (Wildman–Crippen MR) is 92.6 cm³/mol. The number of carbonyl (C=O) groups excluding carboxylic acids is 1. The number of nitrogens with two attached hydrogens (primary N) is 1. The van der Waals surface area contributed by atoms with Crippen molar-refractivity contribution in [2.75, 3.05) is 0 Å². The van der Waals surface area contributed by atoms with Crippen LogP contribution in [0.1, 0.15) is 38.6 Å². The molecule has 3 rings (SSSR count). The van der Waals surface area contributed by atoms with E-state index in [1.807, 2.05) is 25.1 Å². The van der Waals surface area contributed by atoms with E-state index in [1.54, 1.807) is 0 Å². The molecule has 7 heteroatoms. The van der Waals surface area contributed by atoms with Crippen molar-refractivity contribution in [1.82, 2.24) is 14.9 Å². The van der Waals surface area contributed by atoms with Crippen molar-refractivity contribution in [3.05, 3.63) is 30.1 Å². The third kappa shape index (κ3) is 3.21. The summed E-state index contributed by atoms with van der Waals surface area (Å²) in [5.74, 6) is 0.811. The lowest BCUT2D eigenvalue weighted by Crippen LogP contribution is -2.44. The predicted octanol–water partition coefficient (Wildman–Crippen LogP) is 2.57. The van der Waals surface area contributed by atoms with Gasteiger partial charge in [0.2, 0.25) is 5.91 Å².